The Morgan fingerprint density at radius 3 is 2.15 bits per heavy atom. The number of carbonyl (C=O) groups is 1. The van der Waals surface area contributed by atoms with Gasteiger partial charge < -0.3 is 14.6 Å². The lowest BCUT2D eigenvalue weighted by Crippen LogP contribution is -2.23. The predicted octanol–water partition coefficient (Wildman–Crippen LogP) is 3.11. The van der Waals surface area contributed by atoms with Gasteiger partial charge in [-0.05, 0) is 38.0 Å². The van der Waals surface area contributed by atoms with Crippen LogP contribution in [0.4, 0.5) is 0 Å². The molecule has 1 aliphatic rings. The zero-order valence-corrected chi connectivity index (χ0v) is 12.8. The van der Waals surface area contributed by atoms with Crippen LogP contribution in [0, 0.1) is 0 Å². The van der Waals surface area contributed by atoms with Gasteiger partial charge in [-0.1, -0.05) is 11.8 Å². The number of carbonyl (C=O) groups excluding carboxylic acids is 1. The molecule has 1 aromatic carbocycles. The summed E-state index contributed by atoms with van der Waals surface area (Å²) in [5.74, 6) is 1.55. The van der Waals surface area contributed by atoms with Crippen LogP contribution >= 0.6 is 11.8 Å². The van der Waals surface area contributed by atoms with E-state index in [9.17, 15) is 9.90 Å². The van der Waals surface area contributed by atoms with E-state index in [0.29, 0.717) is 23.5 Å². The van der Waals surface area contributed by atoms with Crippen LogP contribution in [-0.4, -0.2) is 29.2 Å². The Morgan fingerprint density at radius 2 is 1.75 bits per heavy atom. The molecule has 20 heavy (non-hydrogen) atoms. The fraction of sp³-hybridized carbons (Fsp3) is 0.400. The molecule has 0 saturated carbocycles. The second-order valence-corrected chi connectivity index (χ2v) is 6.47. The first-order valence-electron chi connectivity index (χ1n) is 6.25. The number of rotatable bonds is 4. The van der Waals surface area contributed by atoms with E-state index in [1.807, 2.05) is 19.1 Å². The van der Waals surface area contributed by atoms with Crippen molar-refractivity contribution in [2.45, 2.75) is 25.0 Å². The maximum absolute atomic E-state index is 11.7. The summed E-state index contributed by atoms with van der Waals surface area (Å²) in [4.78, 5) is 11.7. The minimum Gasteiger partial charge on any atom is -0.510 e. The summed E-state index contributed by atoms with van der Waals surface area (Å²) in [5, 5.41) is 10.1. The molecule has 1 heterocycles. The van der Waals surface area contributed by atoms with Crippen LogP contribution in [-0.2, 0) is 11.2 Å². The smallest absolute Gasteiger partial charge is 0.219 e. The molecule has 5 heteroatoms. The lowest BCUT2D eigenvalue weighted by atomic mass is 9.96. The van der Waals surface area contributed by atoms with Crippen molar-refractivity contribution in [3.8, 4) is 11.5 Å². The lowest BCUT2D eigenvalue weighted by molar-refractivity contribution is -0.107. The van der Waals surface area contributed by atoms with Gasteiger partial charge in [0.05, 0.1) is 19.0 Å². The summed E-state index contributed by atoms with van der Waals surface area (Å²) in [6.45, 7) is 3.52. The molecule has 0 saturated heterocycles. The number of aliphatic hydroxyl groups is 1. The second-order valence-electron chi connectivity index (χ2n) is 4.99. The van der Waals surface area contributed by atoms with Crippen LogP contribution in [0.25, 0.3) is 0 Å². The summed E-state index contributed by atoms with van der Waals surface area (Å²) in [5.41, 5.74) is 1.39. The van der Waals surface area contributed by atoms with Crippen molar-refractivity contribution in [1.29, 1.82) is 0 Å². The van der Waals surface area contributed by atoms with Crippen molar-refractivity contribution in [3.05, 3.63) is 35.1 Å². The van der Waals surface area contributed by atoms with Gasteiger partial charge in [0.1, 0.15) is 17.3 Å². The molecule has 0 fully saturated rings. The van der Waals surface area contributed by atoms with Crippen molar-refractivity contribution in [3.63, 3.8) is 0 Å². The van der Waals surface area contributed by atoms with Crippen molar-refractivity contribution >= 4 is 16.9 Å². The van der Waals surface area contributed by atoms with Crippen LogP contribution in [0.3, 0.4) is 0 Å². The third kappa shape index (κ3) is 2.63. The number of methoxy groups -OCH3 is 2. The Balaban J connectivity index is 2.33. The number of ether oxygens (including phenoxy) is 2. The molecule has 4 nitrogen and oxygen atoms in total. The molecule has 0 bridgehead atoms. The van der Waals surface area contributed by atoms with Crippen molar-refractivity contribution in [2.75, 3.05) is 14.2 Å². The zero-order valence-electron chi connectivity index (χ0n) is 12.0. The maximum atomic E-state index is 11.7. The molecule has 0 aromatic heterocycles. The monoisotopic (exact) mass is 294 g/mol. The highest BCUT2D eigenvalue weighted by Crippen LogP contribution is 2.44. The molecule has 1 atom stereocenters. The van der Waals surface area contributed by atoms with E-state index in [2.05, 4.69) is 0 Å². The molecule has 1 unspecified atom stereocenters. The quantitative estimate of drug-likeness (QED) is 0.924. The van der Waals surface area contributed by atoms with E-state index >= 15 is 0 Å². The first-order valence-corrected chi connectivity index (χ1v) is 7.07. The van der Waals surface area contributed by atoms with E-state index in [0.717, 1.165) is 17.3 Å². The summed E-state index contributed by atoms with van der Waals surface area (Å²) < 4.78 is 9.84. The fourth-order valence-corrected chi connectivity index (χ4v) is 3.45. The highest BCUT2D eigenvalue weighted by molar-refractivity contribution is 8.15. The number of thioether (sulfide) groups is 1. The summed E-state index contributed by atoms with van der Waals surface area (Å²) in [6.07, 6.45) is 0.528. The van der Waals surface area contributed by atoms with Gasteiger partial charge in [-0.25, -0.2) is 0 Å². The van der Waals surface area contributed by atoms with Crippen LogP contribution in [0.15, 0.2) is 29.5 Å². The van der Waals surface area contributed by atoms with Gasteiger partial charge in [0, 0.05) is 11.6 Å². The number of hydrogen-bond acceptors (Lipinski definition) is 5. The molecule has 2 rings (SSSR count). The fourth-order valence-electron chi connectivity index (χ4n) is 2.30. The normalized spacial score (nSPS) is 22.3. The molecule has 0 amide bonds. The summed E-state index contributed by atoms with van der Waals surface area (Å²) in [6, 6.07) is 5.57. The third-order valence-corrected chi connectivity index (χ3v) is 4.71. The first kappa shape index (κ1) is 14.8. The molecule has 1 aliphatic heterocycles. The lowest BCUT2D eigenvalue weighted by Gasteiger charge is -2.23. The van der Waals surface area contributed by atoms with Crippen molar-refractivity contribution < 1.29 is 19.4 Å². The van der Waals surface area contributed by atoms with Crippen molar-refractivity contribution in [2.24, 2.45) is 0 Å². The molecule has 1 aromatic rings. The van der Waals surface area contributed by atoms with Gasteiger partial charge in [0.25, 0.3) is 0 Å². The second kappa shape index (κ2) is 5.40. The Bertz CT molecular complexity index is 557. The maximum Gasteiger partial charge on any atom is 0.219 e. The van der Waals surface area contributed by atoms with E-state index in [1.165, 1.54) is 0 Å². The average molecular weight is 294 g/mol. The SMILES string of the molecule is COc1cc(CC2(C)SC(=O)C(C)=C2O)cc(OC)c1. The number of benzene rings is 1. The Morgan fingerprint density at radius 1 is 1.20 bits per heavy atom. The largest absolute Gasteiger partial charge is 0.510 e. The van der Waals surface area contributed by atoms with E-state index < -0.39 is 4.75 Å². The zero-order chi connectivity index (χ0) is 14.9. The number of hydrogen-bond donors (Lipinski definition) is 1. The summed E-state index contributed by atoms with van der Waals surface area (Å²) >= 11 is 1.16. The molecule has 0 spiro atoms. The van der Waals surface area contributed by atoms with E-state index in [4.69, 9.17) is 9.47 Å². The van der Waals surface area contributed by atoms with E-state index in [1.54, 1.807) is 27.2 Å². The van der Waals surface area contributed by atoms with Gasteiger partial charge >= 0.3 is 0 Å². The Hall–Kier alpha value is -1.62. The number of aliphatic hydroxyl groups excluding tert-OH is 1. The van der Waals surface area contributed by atoms with Gasteiger partial charge in [0.2, 0.25) is 5.12 Å². The van der Waals surface area contributed by atoms with Crippen molar-refractivity contribution in [1.82, 2.24) is 0 Å². The predicted molar refractivity (Wildman–Crippen MR) is 79.6 cm³/mol. The van der Waals surface area contributed by atoms with E-state index in [-0.39, 0.29) is 10.9 Å². The molecule has 1 N–H and O–H groups in total. The van der Waals surface area contributed by atoms with Crippen LogP contribution < -0.4 is 9.47 Å². The topological polar surface area (TPSA) is 55.8 Å². The molecular formula is C15H18O4S. The Kier molecular flexibility index (Phi) is 3.99. The van der Waals surface area contributed by atoms with Crippen LogP contribution in [0.5, 0.6) is 11.5 Å². The van der Waals surface area contributed by atoms with Crippen LogP contribution in [0.2, 0.25) is 0 Å². The highest BCUT2D eigenvalue weighted by Gasteiger charge is 2.41. The molecule has 108 valence electrons. The third-order valence-electron chi connectivity index (χ3n) is 3.43. The minimum absolute atomic E-state index is 0.0696. The van der Waals surface area contributed by atoms with Gasteiger partial charge in [0.15, 0.2) is 0 Å². The van der Waals surface area contributed by atoms with Gasteiger partial charge in [-0.3, -0.25) is 4.79 Å². The standard InChI is InChI=1S/C15H18O4S/c1-9-13(16)15(2,20-14(9)17)8-10-5-11(18-3)7-12(6-10)19-4/h5-7,16H,8H2,1-4H3. The van der Waals surface area contributed by atoms with Gasteiger partial charge in [-0.2, -0.15) is 0 Å². The molecular weight excluding hydrogens is 276 g/mol. The highest BCUT2D eigenvalue weighted by atomic mass is 32.2. The molecule has 0 aliphatic carbocycles. The first-order chi connectivity index (χ1) is 9.39. The van der Waals surface area contributed by atoms with Crippen LogP contribution in [0.1, 0.15) is 19.4 Å². The summed E-state index contributed by atoms with van der Waals surface area (Å²) in [7, 11) is 3.19. The van der Waals surface area contributed by atoms with Gasteiger partial charge in [-0.15, -0.1) is 0 Å². The Labute approximate surface area is 122 Å². The average Bonchev–Trinajstić information content (AvgIpc) is 2.62. The minimum atomic E-state index is -0.626. The molecule has 0 radical (unpaired) electrons.